The molecule has 3 saturated carbocycles. The second-order valence-electron chi connectivity index (χ2n) is 7.11. The summed E-state index contributed by atoms with van der Waals surface area (Å²) < 4.78 is 0. The van der Waals surface area contributed by atoms with E-state index in [1.807, 2.05) is 0 Å². The summed E-state index contributed by atoms with van der Waals surface area (Å²) in [6, 6.07) is 0. The van der Waals surface area contributed by atoms with Crippen LogP contribution >= 0.6 is 0 Å². The molecule has 4 rings (SSSR count). The zero-order valence-corrected chi connectivity index (χ0v) is 12.0. The fourth-order valence-electron chi connectivity index (χ4n) is 4.86. The van der Waals surface area contributed by atoms with Crippen LogP contribution in [0.1, 0.15) is 40.0 Å². The highest BCUT2D eigenvalue weighted by molar-refractivity contribution is 5.85. The van der Waals surface area contributed by atoms with E-state index in [1.165, 1.54) is 12.8 Å². The van der Waals surface area contributed by atoms with Crippen LogP contribution in [0.4, 0.5) is 0 Å². The minimum absolute atomic E-state index is 0.0484. The van der Waals surface area contributed by atoms with Gasteiger partial charge in [0.2, 0.25) is 5.91 Å². The second kappa shape index (κ2) is 3.96. The maximum Gasteiger partial charge on any atom is 0.229 e. The number of piperazine rings is 1. The number of nitrogens with one attached hydrogen (secondary N) is 1. The van der Waals surface area contributed by atoms with Crippen molar-refractivity contribution >= 4 is 5.91 Å². The summed E-state index contributed by atoms with van der Waals surface area (Å²) in [5.74, 6) is 1.79. The van der Waals surface area contributed by atoms with Gasteiger partial charge in [0.15, 0.2) is 0 Å². The van der Waals surface area contributed by atoms with E-state index < -0.39 is 0 Å². The topological polar surface area (TPSA) is 32.3 Å². The lowest BCUT2D eigenvalue weighted by atomic mass is 9.36. The fourth-order valence-corrected chi connectivity index (χ4v) is 4.86. The lowest BCUT2D eigenvalue weighted by Gasteiger charge is -2.68. The van der Waals surface area contributed by atoms with Crippen LogP contribution in [-0.2, 0) is 4.79 Å². The van der Waals surface area contributed by atoms with Crippen molar-refractivity contribution in [3.05, 3.63) is 0 Å². The fraction of sp³-hybridized carbons (Fsp3) is 0.933. The van der Waals surface area contributed by atoms with Crippen LogP contribution < -0.4 is 5.32 Å². The van der Waals surface area contributed by atoms with Gasteiger partial charge in [0.25, 0.3) is 0 Å². The minimum Gasteiger partial charge on any atom is -0.340 e. The monoisotopic (exact) mass is 250 g/mol. The maximum atomic E-state index is 13.0. The van der Waals surface area contributed by atoms with Crippen molar-refractivity contribution in [2.45, 2.75) is 40.0 Å². The Bertz CT molecular complexity index is 360. The third kappa shape index (κ3) is 1.37. The third-order valence-corrected chi connectivity index (χ3v) is 6.31. The van der Waals surface area contributed by atoms with Crippen LogP contribution in [0.5, 0.6) is 0 Å². The summed E-state index contributed by atoms with van der Waals surface area (Å²) in [6.07, 6.45) is 3.71. The number of rotatable bonds is 1. The van der Waals surface area contributed by atoms with Gasteiger partial charge in [-0.25, -0.2) is 0 Å². The van der Waals surface area contributed by atoms with E-state index in [-0.39, 0.29) is 10.8 Å². The van der Waals surface area contributed by atoms with Gasteiger partial charge < -0.3 is 10.2 Å². The highest BCUT2D eigenvalue weighted by Gasteiger charge is 2.68. The van der Waals surface area contributed by atoms with Crippen molar-refractivity contribution < 1.29 is 4.79 Å². The zero-order valence-electron chi connectivity index (χ0n) is 12.0. The van der Waals surface area contributed by atoms with Crippen molar-refractivity contribution in [3.63, 3.8) is 0 Å². The van der Waals surface area contributed by atoms with E-state index in [9.17, 15) is 4.79 Å². The molecule has 0 aromatic heterocycles. The molecule has 4 aliphatic rings. The first-order chi connectivity index (χ1) is 8.50. The molecule has 102 valence electrons. The number of carbonyl (C=O) groups excluding carboxylic acids is 1. The Morgan fingerprint density at radius 3 is 2.44 bits per heavy atom. The van der Waals surface area contributed by atoms with Crippen molar-refractivity contribution in [1.29, 1.82) is 0 Å². The van der Waals surface area contributed by atoms with E-state index in [1.54, 1.807) is 0 Å². The molecule has 1 N–H and O–H groups in total. The zero-order chi connectivity index (χ0) is 13.0. The second-order valence-corrected chi connectivity index (χ2v) is 7.11. The number of carbonyl (C=O) groups is 1. The van der Waals surface area contributed by atoms with Gasteiger partial charge in [-0.15, -0.1) is 0 Å². The lowest BCUT2D eigenvalue weighted by molar-refractivity contribution is -0.211. The molecule has 0 radical (unpaired) electrons. The van der Waals surface area contributed by atoms with E-state index >= 15 is 0 Å². The molecule has 3 unspecified atom stereocenters. The standard InChI is InChI=1S/C15H26N2O/c1-11-4-5-12-10-15(11,14(12,2)3)13(18)17-8-6-16-7-9-17/h11-12,16H,4-10H2,1-3H3. The predicted molar refractivity (Wildman–Crippen MR) is 72.2 cm³/mol. The third-order valence-electron chi connectivity index (χ3n) is 6.31. The molecule has 3 heteroatoms. The van der Waals surface area contributed by atoms with Crippen LogP contribution in [0.3, 0.4) is 0 Å². The first-order valence-corrected chi connectivity index (χ1v) is 7.50. The summed E-state index contributed by atoms with van der Waals surface area (Å²) in [6.45, 7) is 10.7. The highest BCUT2D eigenvalue weighted by atomic mass is 16.2. The molecule has 1 amide bonds. The average molecular weight is 250 g/mol. The van der Waals surface area contributed by atoms with Crippen molar-refractivity contribution in [2.24, 2.45) is 22.7 Å². The number of fused-ring (bicyclic) bond motifs is 2. The van der Waals surface area contributed by atoms with Gasteiger partial charge in [-0.3, -0.25) is 4.79 Å². The SMILES string of the molecule is CC1CCC2CC1(C(=O)N1CCNCC1)C2(C)C. The molecule has 0 aromatic rings. The number of hydrogen-bond donors (Lipinski definition) is 1. The summed E-state index contributed by atoms with van der Waals surface area (Å²) in [5.41, 5.74) is 0.167. The van der Waals surface area contributed by atoms with E-state index in [4.69, 9.17) is 0 Å². The van der Waals surface area contributed by atoms with Gasteiger partial charge >= 0.3 is 0 Å². The molecule has 3 nitrogen and oxygen atoms in total. The molecule has 3 aliphatic carbocycles. The van der Waals surface area contributed by atoms with Gasteiger partial charge in [0.1, 0.15) is 0 Å². The molecule has 18 heavy (non-hydrogen) atoms. The minimum atomic E-state index is -0.0484. The molecule has 4 fully saturated rings. The molecule has 1 saturated heterocycles. The molecular weight excluding hydrogens is 224 g/mol. The molecule has 1 heterocycles. The smallest absolute Gasteiger partial charge is 0.229 e. The van der Waals surface area contributed by atoms with E-state index in [0.29, 0.717) is 11.8 Å². The summed E-state index contributed by atoms with van der Waals surface area (Å²) >= 11 is 0. The Balaban J connectivity index is 1.86. The molecule has 1 aliphatic heterocycles. The normalized spacial score (nSPS) is 42.3. The van der Waals surface area contributed by atoms with Gasteiger partial charge in [-0.2, -0.15) is 0 Å². The van der Waals surface area contributed by atoms with Gasteiger partial charge in [0.05, 0.1) is 5.41 Å². The summed E-state index contributed by atoms with van der Waals surface area (Å²) in [4.78, 5) is 15.2. The highest BCUT2D eigenvalue weighted by Crippen LogP contribution is 2.70. The molecule has 0 aromatic carbocycles. The van der Waals surface area contributed by atoms with Gasteiger partial charge in [0, 0.05) is 26.2 Å². The van der Waals surface area contributed by atoms with Crippen LogP contribution in [-0.4, -0.2) is 37.0 Å². The van der Waals surface area contributed by atoms with Crippen LogP contribution in [0, 0.1) is 22.7 Å². The van der Waals surface area contributed by atoms with Crippen LogP contribution in [0.15, 0.2) is 0 Å². The maximum absolute atomic E-state index is 13.0. The Kier molecular flexibility index (Phi) is 2.74. The average Bonchev–Trinajstić information content (AvgIpc) is 2.38. The Morgan fingerprint density at radius 1 is 1.22 bits per heavy atom. The number of nitrogens with zero attached hydrogens (tertiary/aromatic N) is 1. The van der Waals surface area contributed by atoms with Crippen molar-refractivity contribution in [3.8, 4) is 0 Å². The van der Waals surface area contributed by atoms with Gasteiger partial charge in [-0.05, 0) is 36.5 Å². The molecule has 0 spiro atoms. The number of amides is 1. The largest absolute Gasteiger partial charge is 0.340 e. The first-order valence-electron chi connectivity index (χ1n) is 7.50. The summed E-state index contributed by atoms with van der Waals surface area (Å²) in [7, 11) is 0. The lowest BCUT2D eigenvalue weighted by Crippen LogP contribution is -2.69. The predicted octanol–water partition coefficient (Wildman–Crippen LogP) is 1.88. The molecule has 3 atom stereocenters. The summed E-state index contributed by atoms with van der Waals surface area (Å²) in [5, 5.41) is 3.34. The molecule has 2 bridgehead atoms. The van der Waals surface area contributed by atoms with Crippen LogP contribution in [0.25, 0.3) is 0 Å². The Labute approximate surface area is 110 Å². The van der Waals surface area contributed by atoms with E-state index in [2.05, 4.69) is 31.0 Å². The first kappa shape index (κ1) is 12.5. The van der Waals surface area contributed by atoms with Crippen molar-refractivity contribution in [1.82, 2.24) is 10.2 Å². The molecular formula is C15H26N2O. The van der Waals surface area contributed by atoms with E-state index in [0.717, 1.165) is 38.5 Å². The van der Waals surface area contributed by atoms with Gasteiger partial charge in [-0.1, -0.05) is 20.8 Å². The van der Waals surface area contributed by atoms with Crippen LogP contribution in [0.2, 0.25) is 0 Å². The van der Waals surface area contributed by atoms with Crippen molar-refractivity contribution in [2.75, 3.05) is 26.2 Å². The Morgan fingerprint density at radius 2 is 1.89 bits per heavy atom. The number of hydrogen-bond acceptors (Lipinski definition) is 2. The quantitative estimate of drug-likeness (QED) is 0.770. The Hall–Kier alpha value is -0.570.